The fraction of sp³-hybridized carbons (Fsp3) is 0.176. The molecule has 0 saturated heterocycles. The van der Waals surface area contributed by atoms with Gasteiger partial charge in [0, 0.05) is 23.5 Å². The van der Waals surface area contributed by atoms with E-state index in [0.717, 1.165) is 31.9 Å². The van der Waals surface area contributed by atoms with Crippen molar-refractivity contribution in [3.63, 3.8) is 0 Å². The fourth-order valence-electron chi connectivity index (χ4n) is 2.53. The van der Waals surface area contributed by atoms with Gasteiger partial charge in [0.15, 0.2) is 16.7 Å². The molecule has 0 spiro atoms. The minimum absolute atomic E-state index is 0.666. The van der Waals surface area contributed by atoms with Crippen LogP contribution < -0.4 is 9.47 Å². The molecule has 0 aliphatic rings. The predicted molar refractivity (Wildman–Crippen MR) is 102 cm³/mol. The summed E-state index contributed by atoms with van der Waals surface area (Å²) in [6.07, 6.45) is 7.31. The first-order chi connectivity index (χ1) is 12.7. The van der Waals surface area contributed by atoms with Crippen molar-refractivity contribution in [3.8, 4) is 33.3 Å². The summed E-state index contributed by atoms with van der Waals surface area (Å²) >= 11 is 3.01. The number of rotatable bonds is 5. The molecular formula is C17H15N5O2S2. The Kier molecular flexibility index (Phi) is 4.48. The summed E-state index contributed by atoms with van der Waals surface area (Å²) in [5.41, 5.74) is 2.67. The van der Waals surface area contributed by atoms with Gasteiger partial charge in [0.25, 0.3) is 0 Å². The number of hydrogen-bond acceptors (Lipinski definition) is 8. The number of benzene rings is 1. The predicted octanol–water partition coefficient (Wildman–Crippen LogP) is 3.65. The first-order valence-electron chi connectivity index (χ1n) is 7.67. The number of ether oxygens (including phenoxy) is 2. The molecule has 26 heavy (non-hydrogen) atoms. The van der Waals surface area contributed by atoms with E-state index < -0.39 is 0 Å². The molecule has 0 saturated carbocycles. The Hall–Kier alpha value is -2.65. The Morgan fingerprint density at radius 2 is 1.73 bits per heavy atom. The number of imidazole rings is 1. The second-order valence-electron chi connectivity index (χ2n) is 5.27. The summed E-state index contributed by atoms with van der Waals surface area (Å²) in [6.45, 7) is 0. The van der Waals surface area contributed by atoms with Crippen LogP contribution in [0.15, 0.2) is 41.9 Å². The van der Waals surface area contributed by atoms with E-state index in [4.69, 9.17) is 14.6 Å². The van der Waals surface area contributed by atoms with Crippen molar-refractivity contribution in [1.29, 1.82) is 0 Å². The largest absolute Gasteiger partial charge is 0.493 e. The summed E-state index contributed by atoms with van der Waals surface area (Å²) in [6, 6.07) is 5.73. The van der Waals surface area contributed by atoms with Crippen molar-refractivity contribution in [3.05, 3.63) is 36.8 Å². The average molecular weight is 385 g/mol. The van der Waals surface area contributed by atoms with Crippen LogP contribution in [0.4, 0.5) is 0 Å². The maximum atomic E-state index is 5.38. The standard InChI is InChI=1S/C17H15N5O2S2/c1-23-13-5-4-10(6-14(13)24-2)15-21-22-12(9-20-17(22)26-15)11-7-18-16(25-3)19-8-11/h4-9H,1-3H3. The van der Waals surface area contributed by atoms with Gasteiger partial charge >= 0.3 is 0 Å². The third kappa shape index (κ3) is 2.89. The quantitative estimate of drug-likeness (QED) is 0.383. The van der Waals surface area contributed by atoms with Crippen LogP contribution in [-0.2, 0) is 0 Å². The molecule has 0 radical (unpaired) electrons. The molecular weight excluding hydrogens is 370 g/mol. The third-order valence-corrected chi connectivity index (χ3v) is 5.37. The lowest BCUT2D eigenvalue weighted by atomic mass is 10.2. The van der Waals surface area contributed by atoms with Crippen molar-refractivity contribution in [1.82, 2.24) is 24.6 Å². The number of aromatic nitrogens is 5. The number of nitrogens with zero attached hydrogens (tertiary/aromatic N) is 5. The van der Waals surface area contributed by atoms with Crippen LogP contribution in [0.25, 0.3) is 26.8 Å². The monoisotopic (exact) mass is 385 g/mol. The van der Waals surface area contributed by atoms with E-state index >= 15 is 0 Å². The highest BCUT2D eigenvalue weighted by Gasteiger charge is 2.15. The van der Waals surface area contributed by atoms with Gasteiger partial charge in [0.05, 0.1) is 26.1 Å². The molecule has 0 atom stereocenters. The van der Waals surface area contributed by atoms with Gasteiger partial charge in [0.1, 0.15) is 5.01 Å². The Labute approximate surface area is 158 Å². The molecule has 9 heteroatoms. The van der Waals surface area contributed by atoms with Crippen LogP contribution in [0.5, 0.6) is 11.5 Å². The summed E-state index contributed by atoms with van der Waals surface area (Å²) in [5.74, 6) is 1.35. The lowest BCUT2D eigenvalue weighted by Gasteiger charge is -2.07. The van der Waals surface area contributed by atoms with Crippen LogP contribution in [0.3, 0.4) is 0 Å². The maximum Gasteiger partial charge on any atom is 0.213 e. The van der Waals surface area contributed by atoms with Gasteiger partial charge in [-0.2, -0.15) is 5.10 Å². The molecule has 0 aliphatic carbocycles. The second-order valence-corrected chi connectivity index (χ2v) is 7.00. The zero-order chi connectivity index (χ0) is 18.1. The Bertz CT molecular complexity index is 1060. The van der Waals surface area contributed by atoms with Crippen molar-refractivity contribution >= 4 is 28.1 Å². The minimum Gasteiger partial charge on any atom is -0.493 e. The third-order valence-electron chi connectivity index (χ3n) is 3.82. The lowest BCUT2D eigenvalue weighted by molar-refractivity contribution is 0.355. The Balaban J connectivity index is 1.76. The van der Waals surface area contributed by atoms with E-state index in [1.165, 1.54) is 23.1 Å². The first kappa shape index (κ1) is 16.8. The molecule has 1 aromatic carbocycles. The van der Waals surface area contributed by atoms with Gasteiger partial charge < -0.3 is 9.47 Å². The van der Waals surface area contributed by atoms with Crippen LogP contribution in [-0.4, -0.2) is 45.0 Å². The van der Waals surface area contributed by atoms with Gasteiger partial charge in [0.2, 0.25) is 4.96 Å². The summed E-state index contributed by atoms with van der Waals surface area (Å²) in [5, 5.41) is 6.29. The van der Waals surface area contributed by atoms with Crippen LogP contribution in [0.1, 0.15) is 0 Å². The van der Waals surface area contributed by atoms with Crippen molar-refractivity contribution in [2.24, 2.45) is 0 Å². The molecule has 0 aliphatic heterocycles. The molecule has 7 nitrogen and oxygen atoms in total. The molecule has 4 rings (SSSR count). The van der Waals surface area contributed by atoms with Crippen LogP contribution in [0, 0.1) is 0 Å². The van der Waals surface area contributed by atoms with Crippen LogP contribution >= 0.6 is 23.1 Å². The van der Waals surface area contributed by atoms with Crippen molar-refractivity contribution < 1.29 is 9.47 Å². The molecule has 0 bridgehead atoms. The zero-order valence-electron chi connectivity index (χ0n) is 14.3. The van der Waals surface area contributed by atoms with Gasteiger partial charge in [-0.05, 0) is 24.5 Å². The fourth-order valence-corrected chi connectivity index (χ4v) is 3.72. The molecule has 0 N–H and O–H groups in total. The topological polar surface area (TPSA) is 74.4 Å². The lowest BCUT2D eigenvalue weighted by Crippen LogP contribution is -1.93. The smallest absolute Gasteiger partial charge is 0.213 e. The SMILES string of the molecule is COc1ccc(-c2nn3c(-c4cnc(SC)nc4)cnc3s2)cc1OC. The van der Waals surface area contributed by atoms with E-state index in [0.29, 0.717) is 11.5 Å². The van der Waals surface area contributed by atoms with E-state index in [1.807, 2.05) is 29.0 Å². The highest BCUT2D eigenvalue weighted by Crippen LogP contribution is 2.35. The zero-order valence-corrected chi connectivity index (χ0v) is 16.0. The highest BCUT2D eigenvalue weighted by molar-refractivity contribution is 7.98. The van der Waals surface area contributed by atoms with Crippen molar-refractivity contribution in [2.75, 3.05) is 20.5 Å². The van der Waals surface area contributed by atoms with Gasteiger partial charge in [-0.25, -0.2) is 19.5 Å². The summed E-state index contributed by atoms with van der Waals surface area (Å²) < 4.78 is 12.5. The summed E-state index contributed by atoms with van der Waals surface area (Å²) in [4.78, 5) is 13.9. The first-order valence-corrected chi connectivity index (χ1v) is 9.71. The van der Waals surface area contributed by atoms with E-state index in [2.05, 4.69) is 15.0 Å². The molecule has 0 amide bonds. The van der Waals surface area contributed by atoms with Gasteiger partial charge in [-0.15, -0.1) is 0 Å². The van der Waals surface area contributed by atoms with E-state index in [-0.39, 0.29) is 0 Å². The van der Waals surface area contributed by atoms with Gasteiger partial charge in [-0.3, -0.25) is 0 Å². The number of hydrogen-bond donors (Lipinski definition) is 0. The molecule has 0 fully saturated rings. The maximum absolute atomic E-state index is 5.38. The van der Waals surface area contributed by atoms with Crippen molar-refractivity contribution in [2.45, 2.75) is 5.16 Å². The molecule has 0 unspecified atom stereocenters. The highest BCUT2D eigenvalue weighted by atomic mass is 32.2. The number of fused-ring (bicyclic) bond motifs is 1. The van der Waals surface area contributed by atoms with Gasteiger partial charge in [-0.1, -0.05) is 23.1 Å². The molecule has 132 valence electrons. The summed E-state index contributed by atoms with van der Waals surface area (Å²) in [7, 11) is 3.23. The van der Waals surface area contributed by atoms with E-state index in [9.17, 15) is 0 Å². The number of thioether (sulfide) groups is 1. The normalized spacial score (nSPS) is 11.0. The molecule has 3 aromatic heterocycles. The number of methoxy groups -OCH3 is 2. The Morgan fingerprint density at radius 3 is 2.42 bits per heavy atom. The second kappa shape index (κ2) is 6.93. The molecule has 3 heterocycles. The Morgan fingerprint density at radius 1 is 0.962 bits per heavy atom. The molecule has 4 aromatic rings. The average Bonchev–Trinajstić information content (AvgIpc) is 3.28. The van der Waals surface area contributed by atoms with Crippen LogP contribution in [0.2, 0.25) is 0 Å². The minimum atomic E-state index is 0.666. The van der Waals surface area contributed by atoms with E-state index in [1.54, 1.807) is 32.8 Å².